The second kappa shape index (κ2) is 6.48. The predicted octanol–water partition coefficient (Wildman–Crippen LogP) is -0.277. The molecular formula is C11H21N3O2. The van der Waals surface area contributed by atoms with Crippen LogP contribution >= 0.6 is 0 Å². The Hall–Kier alpha value is -1.10. The number of carbonyl (C=O) groups is 2. The van der Waals surface area contributed by atoms with E-state index in [0.29, 0.717) is 13.0 Å². The minimum Gasteiger partial charge on any atom is -0.359 e. The molecule has 92 valence electrons. The monoisotopic (exact) mass is 227 g/mol. The van der Waals surface area contributed by atoms with Crippen LogP contribution in [-0.4, -0.2) is 49.4 Å². The third-order valence-electron chi connectivity index (χ3n) is 2.83. The van der Waals surface area contributed by atoms with Crippen LogP contribution in [0, 0.1) is 0 Å². The molecule has 16 heavy (non-hydrogen) atoms. The maximum Gasteiger partial charge on any atom is 0.239 e. The Morgan fingerprint density at radius 1 is 1.56 bits per heavy atom. The smallest absolute Gasteiger partial charge is 0.239 e. The molecule has 1 heterocycles. The quantitative estimate of drug-likeness (QED) is 0.656. The molecule has 1 aliphatic rings. The molecule has 2 amide bonds. The lowest BCUT2D eigenvalue weighted by Crippen LogP contribution is -2.39. The summed E-state index contributed by atoms with van der Waals surface area (Å²) in [6.07, 6.45) is 2.28. The molecule has 0 bridgehead atoms. The molecule has 0 aliphatic carbocycles. The maximum atomic E-state index is 11.8. The molecule has 0 aromatic heterocycles. The molecule has 1 saturated heterocycles. The summed E-state index contributed by atoms with van der Waals surface area (Å²) in [5.41, 5.74) is 0. The lowest BCUT2D eigenvalue weighted by Gasteiger charge is -2.16. The molecule has 5 heteroatoms. The summed E-state index contributed by atoms with van der Waals surface area (Å²) < 4.78 is 0. The van der Waals surface area contributed by atoms with E-state index in [4.69, 9.17) is 0 Å². The zero-order valence-electron chi connectivity index (χ0n) is 10.1. The molecule has 1 unspecified atom stereocenters. The van der Waals surface area contributed by atoms with Crippen LogP contribution in [0.2, 0.25) is 0 Å². The van der Waals surface area contributed by atoms with Crippen LogP contribution in [0.25, 0.3) is 0 Å². The van der Waals surface area contributed by atoms with E-state index in [1.54, 1.807) is 11.9 Å². The van der Waals surface area contributed by atoms with E-state index in [1.807, 2.05) is 0 Å². The molecular weight excluding hydrogens is 206 g/mol. The second-order valence-corrected chi connectivity index (χ2v) is 4.04. The molecule has 5 nitrogen and oxygen atoms in total. The lowest BCUT2D eigenvalue weighted by molar-refractivity contribution is -0.130. The Bertz CT molecular complexity index is 256. The fourth-order valence-corrected chi connectivity index (χ4v) is 1.83. The van der Waals surface area contributed by atoms with Crippen LogP contribution in [0.5, 0.6) is 0 Å². The van der Waals surface area contributed by atoms with Crippen molar-refractivity contribution < 1.29 is 9.59 Å². The van der Waals surface area contributed by atoms with Gasteiger partial charge in [-0.05, 0) is 19.4 Å². The first-order valence-corrected chi connectivity index (χ1v) is 5.91. The summed E-state index contributed by atoms with van der Waals surface area (Å²) in [6, 6.07) is -0.0374. The fourth-order valence-electron chi connectivity index (χ4n) is 1.83. The molecule has 0 saturated carbocycles. The number of hydrogen-bond acceptors (Lipinski definition) is 3. The van der Waals surface area contributed by atoms with Crippen molar-refractivity contribution >= 4 is 11.8 Å². The van der Waals surface area contributed by atoms with E-state index >= 15 is 0 Å². The Labute approximate surface area is 96.6 Å². The third-order valence-corrected chi connectivity index (χ3v) is 2.83. The number of rotatable bonds is 6. The SMILES string of the molecule is CCCNC1CCN(CCC(=O)NC)C1=O. The summed E-state index contributed by atoms with van der Waals surface area (Å²) >= 11 is 0. The van der Waals surface area contributed by atoms with Crippen LogP contribution in [0.3, 0.4) is 0 Å². The van der Waals surface area contributed by atoms with E-state index in [2.05, 4.69) is 17.6 Å². The van der Waals surface area contributed by atoms with E-state index in [-0.39, 0.29) is 17.9 Å². The van der Waals surface area contributed by atoms with Gasteiger partial charge in [0, 0.05) is 26.6 Å². The highest BCUT2D eigenvalue weighted by atomic mass is 16.2. The average Bonchev–Trinajstić information content (AvgIpc) is 2.64. The van der Waals surface area contributed by atoms with Gasteiger partial charge in [0.25, 0.3) is 0 Å². The highest BCUT2D eigenvalue weighted by Gasteiger charge is 2.30. The van der Waals surface area contributed by atoms with Gasteiger partial charge in [0.05, 0.1) is 6.04 Å². The van der Waals surface area contributed by atoms with E-state index in [9.17, 15) is 9.59 Å². The van der Waals surface area contributed by atoms with Gasteiger partial charge in [0.2, 0.25) is 11.8 Å². The van der Waals surface area contributed by atoms with Crippen molar-refractivity contribution in [2.45, 2.75) is 32.2 Å². The van der Waals surface area contributed by atoms with Crippen LogP contribution < -0.4 is 10.6 Å². The van der Waals surface area contributed by atoms with Crippen LogP contribution in [0.15, 0.2) is 0 Å². The van der Waals surface area contributed by atoms with E-state index in [1.165, 1.54) is 0 Å². The predicted molar refractivity (Wildman–Crippen MR) is 62.0 cm³/mol. The first kappa shape index (κ1) is 13.0. The van der Waals surface area contributed by atoms with E-state index in [0.717, 1.165) is 25.9 Å². The molecule has 0 spiro atoms. The number of amides is 2. The van der Waals surface area contributed by atoms with Crippen LogP contribution in [-0.2, 0) is 9.59 Å². The number of carbonyl (C=O) groups excluding carboxylic acids is 2. The minimum atomic E-state index is -0.0374. The van der Waals surface area contributed by atoms with Gasteiger partial charge in [-0.15, -0.1) is 0 Å². The van der Waals surface area contributed by atoms with Gasteiger partial charge in [-0.25, -0.2) is 0 Å². The topological polar surface area (TPSA) is 61.4 Å². The number of hydrogen-bond donors (Lipinski definition) is 2. The second-order valence-electron chi connectivity index (χ2n) is 4.04. The van der Waals surface area contributed by atoms with Gasteiger partial charge >= 0.3 is 0 Å². The van der Waals surface area contributed by atoms with E-state index < -0.39 is 0 Å². The van der Waals surface area contributed by atoms with Crippen molar-refractivity contribution in [3.8, 4) is 0 Å². The average molecular weight is 227 g/mol. The van der Waals surface area contributed by atoms with Gasteiger partial charge in [-0.3, -0.25) is 9.59 Å². The molecule has 2 N–H and O–H groups in total. The largest absolute Gasteiger partial charge is 0.359 e. The molecule has 0 radical (unpaired) electrons. The molecule has 0 aromatic carbocycles. The molecule has 0 aromatic rings. The standard InChI is InChI=1S/C11H21N3O2/c1-3-6-13-9-4-7-14(11(9)16)8-5-10(15)12-2/h9,13H,3-8H2,1-2H3,(H,12,15). The number of nitrogens with zero attached hydrogens (tertiary/aromatic N) is 1. The Balaban J connectivity index is 2.30. The minimum absolute atomic E-state index is 0.0160. The van der Waals surface area contributed by atoms with Crippen molar-refractivity contribution in [3.63, 3.8) is 0 Å². The van der Waals surface area contributed by atoms with Crippen molar-refractivity contribution in [2.24, 2.45) is 0 Å². The third kappa shape index (κ3) is 3.48. The summed E-state index contributed by atoms with van der Waals surface area (Å²) in [7, 11) is 1.61. The maximum absolute atomic E-state index is 11.8. The highest BCUT2D eigenvalue weighted by molar-refractivity contribution is 5.84. The van der Waals surface area contributed by atoms with Gasteiger partial charge in [0.15, 0.2) is 0 Å². The normalized spacial score (nSPS) is 20.2. The highest BCUT2D eigenvalue weighted by Crippen LogP contribution is 2.11. The molecule has 1 rings (SSSR count). The van der Waals surface area contributed by atoms with Crippen LogP contribution in [0.1, 0.15) is 26.2 Å². The number of nitrogens with one attached hydrogen (secondary N) is 2. The van der Waals surface area contributed by atoms with Crippen molar-refractivity contribution in [2.75, 3.05) is 26.7 Å². The first-order valence-electron chi connectivity index (χ1n) is 5.91. The van der Waals surface area contributed by atoms with Crippen molar-refractivity contribution in [1.82, 2.24) is 15.5 Å². The fraction of sp³-hybridized carbons (Fsp3) is 0.818. The van der Waals surface area contributed by atoms with Gasteiger partial charge in [0.1, 0.15) is 0 Å². The summed E-state index contributed by atoms with van der Waals surface area (Å²) in [6.45, 7) is 4.25. The van der Waals surface area contributed by atoms with Crippen molar-refractivity contribution in [1.29, 1.82) is 0 Å². The Kier molecular flexibility index (Phi) is 5.25. The summed E-state index contributed by atoms with van der Waals surface area (Å²) in [4.78, 5) is 24.7. The first-order chi connectivity index (χ1) is 7.69. The zero-order valence-corrected chi connectivity index (χ0v) is 10.1. The van der Waals surface area contributed by atoms with Gasteiger partial charge < -0.3 is 15.5 Å². The van der Waals surface area contributed by atoms with Gasteiger partial charge in [-0.1, -0.05) is 6.92 Å². The zero-order chi connectivity index (χ0) is 12.0. The summed E-state index contributed by atoms with van der Waals surface area (Å²) in [5.74, 6) is 0.120. The summed E-state index contributed by atoms with van der Waals surface area (Å²) in [5, 5.41) is 5.78. The number of likely N-dealkylation sites (tertiary alicyclic amines) is 1. The van der Waals surface area contributed by atoms with Gasteiger partial charge in [-0.2, -0.15) is 0 Å². The lowest BCUT2D eigenvalue weighted by atomic mass is 10.2. The van der Waals surface area contributed by atoms with Crippen LogP contribution in [0.4, 0.5) is 0 Å². The molecule has 1 atom stereocenters. The van der Waals surface area contributed by atoms with Crippen molar-refractivity contribution in [3.05, 3.63) is 0 Å². The molecule has 1 fully saturated rings. The Morgan fingerprint density at radius 3 is 2.94 bits per heavy atom. The molecule has 1 aliphatic heterocycles. The Morgan fingerprint density at radius 2 is 2.31 bits per heavy atom.